The number of ether oxygens (including phenoxy) is 1. The molecule has 1 atom stereocenters. The van der Waals surface area contributed by atoms with Crippen LogP contribution in [0.2, 0.25) is 0 Å². The van der Waals surface area contributed by atoms with Crippen molar-refractivity contribution < 1.29 is 14.6 Å². The molecule has 2 N–H and O–H groups in total. The Morgan fingerprint density at radius 2 is 2.43 bits per heavy atom. The Morgan fingerprint density at radius 1 is 1.79 bits per heavy atom. The molecule has 0 fully saturated rings. The van der Waals surface area contributed by atoms with Gasteiger partial charge in [0.2, 0.25) is 6.29 Å². The smallest absolute Gasteiger partial charge is 0.335 e. The highest BCUT2D eigenvalue weighted by atomic mass is 33.1. The molecule has 0 saturated heterocycles. The van der Waals surface area contributed by atoms with E-state index in [1.165, 1.54) is 17.7 Å². The molecule has 0 aromatic carbocycles. The van der Waals surface area contributed by atoms with Crippen LogP contribution in [0.3, 0.4) is 0 Å². The van der Waals surface area contributed by atoms with E-state index in [9.17, 15) is 9.90 Å². The highest BCUT2D eigenvalue weighted by Gasteiger charge is 2.10. The Kier molecular flexibility index (Phi) is 8.07. The summed E-state index contributed by atoms with van der Waals surface area (Å²) in [6.07, 6.45) is -1.12. The van der Waals surface area contributed by atoms with E-state index in [0.717, 1.165) is 5.75 Å². The Labute approximate surface area is 92.9 Å². The molecule has 0 aromatic heterocycles. The third-order valence-electron chi connectivity index (χ3n) is 1.28. The molecule has 0 spiro atoms. The largest absolute Gasteiger partial charge is 0.431 e. The highest BCUT2D eigenvalue weighted by molar-refractivity contribution is 8.68. The predicted octanol–water partition coefficient (Wildman–Crippen LogP) is 0.592. The van der Waals surface area contributed by atoms with Crippen LogP contribution in [0.5, 0.6) is 0 Å². The molecular weight excluding hydrogens is 222 g/mol. The Bertz CT molecular complexity index is 199. The summed E-state index contributed by atoms with van der Waals surface area (Å²) in [6.45, 7) is 5.85. The van der Waals surface area contributed by atoms with Gasteiger partial charge in [-0.25, -0.2) is 4.79 Å². The molecule has 0 rings (SSSR count). The van der Waals surface area contributed by atoms with Gasteiger partial charge in [-0.05, 0) is 6.92 Å². The number of nitrogens with one attached hydrogen (secondary N) is 1. The fourth-order valence-corrected chi connectivity index (χ4v) is 1.12. The standard InChI is InChI=1S/C8H15NO3S2/c1-6(2)8(11)12-7(10)5-9-3-4-14-13/h7,9-10,13H,1,3-5H2,2H3. The van der Waals surface area contributed by atoms with Gasteiger partial charge in [-0.1, -0.05) is 17.4 Å². The first-order valence-corrected chi connectivity index (χ1v) is 6.13. The molecule has 14 heavy (non-hydrogen) atoms. The topological polar surface area (TPSA) is 58.6 Å². The lowest BCUT2D eigenvalue weighted by molar-refractivity contribution is -0.161. The van der Waals surface area contributed by atoms with E-state index >= 15 is 0 Å². The number of esters is 1. The summed E-state index contributed by atoms with van der Waals surface area (Å²) in [5.41, 5.74) is 0.273. The number of thiol groups is 1. The molecule has 0 aliphatic carbocycles. The van der Waals surface area contributed by atoms with E-state index in [2.05, 4.69) is 28.3 Å². The Hall–Kier alpha value is -0.170. The van der Waals surface area contributed by atoms with Gasteiger partial charge in [0.05, 0.1) is 6.54 Å². The zero-order valence-electron chi connectivity index (χ0n) is 8.02. The van der Waals surface area contributed by atoms with Crippen molar-refractivity contribution >= 4 is 28.4 Å². The van der Waals surface area contributed by atoms with Crippen molar-refractivity contribution in [2.75, 3.05) is 18.8 Å². The van der Waals surface area contributed by atoms with Gasteiger partial charge in [0, 0.05) is 17.9 Å². The normalized spacial score (nSPS) is 12.2. The van der Waals surface area contributed by atoms with Crippen LogP contribution in [0.25, 0.3) is 0 Å². The van der Waals surface area contributed by atoms with Crippen LogP contribution >= 0.6 is 22.5 Å². The van der Waals surface area contributed by atoms with Crippen LogP contribution < -0.4 is 5.32 Å². The molecule has 0 radical (unpaired) electrons. The first-order valence-electron chi connectivity index (χ1n) is 4.09. The van der Waals surface area contributed by atoms with E-state index in [1.807, 2.05) is 0 Å². The van der Waals surface area contributed by atoms with Crippen molar-refractivity contribution in [3.63, 3.8) is 0 Å². The lowest BCUT2D eigenvalue weighted by atomic mass is 10.4. The van der Waals surface area contributed by atoms with Crippen molar-refractivity contribution in [3.8, 4) is 0 Å². The molecule has 0 aliphatic heterocycles. The van der Waals surface area contributed by atoms with Gasteiger partial charge in [0.1, 0.15) is 0 Å². The van der Waals surface area contributed by atoms with Crippen LogP contribution in [0.15, 0.2) is 12.2 Å². The summed E-state index contributed by atoms with van der Waals surface area (Å²) in [5.74, 6) is 0.243. The van der Waals surface area contributed by atoms with E-state index in [0.29, 0.717) is 6.54 Å². The van der Waals surface area contributed by atoms with Gasteiger partial charge >= 0.3 is 5.97 Å². The van der Waals surface area contributed by atoms with Crippen LogP contribution in [0.1, 0.15) is 6.92 Å². The van der Waals surface area contributed by atoms with Crippen LogP contribution in [-0.4, -0.2) is 36.2 Å². The third kappa shape index (κ3) is 7.25. The second kappa shape index (κ2) is 8.16. The average Bonchev–Trinajstić information content (AvgIpc) is 2.12. The molecule has 0 aromatic rings. The zero-order valence-corrected chi connectivity index (χ0v) is 9.74. The summed E-state index contributed by atoms with van der Waals surface area (Å²) in [5, 5.41) is 12.1. The highest BCUT2D eigenvalue weighted by Crippen LogP contribution is 2.01. The summed E-state index contributed by atoms with van der Waals surface area (Å²) in [6, 6.07) is 0. The molecular formula is C8H15NO3S2. The maximum absolute atomic E-state index is 10.9. The molecule has 1 unspecified atom stereocenters. The summed E-state index contributed by atoms with van der Waals surface area (Å²) in [7, 11) is 1.40. The summed E-state index contributed by atoms with van der Waals surface area (Å²) in [4.78, 5) is 10.9. The molecule has 0 amide bonds. The monoisotopic (exact) mass is 237 g/mol. The quantitative estimate of drug-likeness (QED) is 0.151. The molecule has 4 nitrogen and oxygen atoms in total. The van der Waals surface area contributed by atoms with Crippen molar-refractivity contribution in [2.24, 2.45) is 0 Å². The van der Waals surface area contributed by atoms with Crippen molar-refractivity contribution in [3.05, 3.63) is 12.2 Å². The fraction of sp³-hybridized carbons (Fsp3) is 0.625. The van der Waals surface area contributed by atoms with E-state index in [4.69, 9.17) is 0 Å². The Balaban J connectivity index is 3.50. The van der Waals surface area contributed by atoms with Gasteiger partial charge < -0.3 is 15.2 Å². The number of hydrogen-bond donors (Lipinski definition) is 3. The lowest BCUT2D eigenvalue weighted by Crippen LogP contribution is -2.32. The lowest BCUT2D eigenvalue weighted by Gasteiger charge is -2.12. The van der Waals surface area contributed by atoms with Crippen molar-refractivity contribution in [2.45, 2.75) is 13.2 Å². The number of aliphatic hydroxyl groups is 1. The van der Waals surface area contributed by atoms with Gasteiger partial charge in [0.15, 0.2) is 0 Å². The predicted molar refractivity (Wildman–Crippen MR) is 61.2 cm³/mol. The summed E-state index contributed by atoms with van der Waals surface area (Å²) >= 11 is 3.94. The van der Waals surface area contributed by atoms with Crippen molar-refractivity contribution in [1.29, 1.82) is 0 Å². The van der Waals surface area contributed by atoms with Gasteiger partial charge in [0.25, 0.3) is 0 Å². The van der Waals surface area contributed by atoms with E-state index in [-0.39, 0.29) is 12.1 Å². The van der Waals surface area contributed by atoms with E-state index < -0.39 is 12.3 Å². The first-order chi connectivity index (χ1) is 6.57. The average molecular weight is 237 g/mol. The number of carbonyl (C=O) groups is 1. The molecule has 0 aliphatic rings. The maximum atomic E-state index is 10.9. The number of carbonyl (C=O) groups excluding carboxylic acids is 1. The SMILES string of the molecule is C=C(C)C(=O)OC(O)CNCCSS. The maximum Gasteiger partial charge on any atom is 0.335 e. The zero-order chi connectivity index (χ0) is 11.0. The van der Waals surface area contributed by atoms with Crippen LogP contribution in [0, 0.1) is 0 Å². The third-order valence-corrected chi connectivity index (χ3v) is 2.22. The number of hydrogen-bond acceptors (Lipinski definition) is 6. The van der Waals surface area contributed by atoms with Gasteiger partial charge in [-0.2, -0.15) is 0 Å². The van der Waals surface area contributed by atoms with Gasteiger partial charge in [-0.3, -0.25) is 0 Å². The number of aliphatic hydroxyl groups excluding tert-OH is 1. The fourth-order valence-electron chi connectivity index (χ4n) is 0.609. The summed E-state index contributed by atoms with van der Waals surface area (Å²) < 4.78 is 4.62. The van der Waals surface area contributed by atoms with Crippen LogP contribution in [0.4, 0.5) is 0 Å². The Morgan fingerprint density at radius 3 is 2.93 bits per heavy atom. The minimum atomic E-state index is -1.12. The first kappa shape index (κ1) is 13.8. The molecule has 0 bridgehead atoms. The molecule has 82 valence electrons. The molecule has 6 heteroatoms. The van der Waals surface area contributed by atoms with E-state index in [1.54, 1.807) is 0 Å². The van der Waals surface area contributed by atoms with Crippen molar-refractivity contribution in [1.82, 2.24) is 5.32 Å². The molecule has 0 heterocycles. The minimum Gasteiger partial charge on any atom is -0.431 e. The molecule has 0 saturated carbocycles. The minimum absolute atomic E-state index is 0.216. The number of rotatable bonds is 7. The van der Waals surface area contributed by atoms with Gasteiger partial charge in [-0.15, -0.1) is 11.7 Å². The second-order valence-corrected chi connectivity index (χ2v) is 4.12. The van der Waals surface area contributed by atoms with Crippen LogP contribution in [-0.2, 0) is 9.53 Å². The second-order valence-electron chi connectivity index (χ2n) is 2.68.